The zero-order valence-corrected chi connectivity index (χ0v) is 12.2. The van der Waals surface area contributed by atoms with E-state index in [9.17, 15) is 8.42 Å². The Hall–Kier alpha value is -1.34. The van der Waals surface area contributed by atoms with Crippen LogP contribution in [0.4, 0.5) is 5.82 Å². The molecule has 0 aliphatic rings. The number of rotatable bonds is 3. The number of hydrogen-bond donors (Lipinski definition) is 1. The topological polar surface area (TPSA) is 72.2 Å². The summed E-state index contributed by atoms with van der Waals surface area (Å²) in [4.78, 5) is 0.206. The van der Waals surface area contributed by atoms with Crippen molar-refractivity contribution in [3.63, 3.8) is 0 Å². The molecule has 1 aromatic carbocycles. The number of hydrogen-bond acceptors (Lipinski definition) is 4. The number of benzene rings is 1. The van der Waals surface area contributed by atoms with Gasteiger partial charge in [-0.05, 0) is 31.5 Å². The van der Waals surface area contributed by atoms with Gasteiger partial charge in [0.15, 0.2) is 5.82 Å². The summed E-state index contributed by atoms with van der Waals surface area (Å²) < 4.78 is 32.2. The molecule has 1 N–H and O–H groups in total. The van der Waals surface area contributed by atoms with E-state index >= 15 is 0 Å². The molecule has 0 saturated carbocycles. The molecule has 0 fully saturated rings. The fourth-order valence-corrected chi connectivity index (χ4v) is 3.24. The molecule has 0 bridgehead atoms. The summed E-state index contributed by atoms with van der Waals surface area (Å²) in [6, 6.07) is 6.58. The molecule has 0 atom stereocenters. The highest BCUT2D eigenvalue weighted by atomic mass is 79.9. The number of aromatic nitrogens is 1. The Morgan fingerprint density at radius 2 is 2.00 bits per heavy atom. The van der Waals surface area contributed by atoms with Gasteiger partial charge in [-0.3, -0.25) is 4.72 Å². The van der Waals surface area contributed by atoms with Gasteiger partial charge in [0, 0.05) is 10.5 Å². The van der Waals surface area contributed by atoms with E-state index in [2.05, 4.69) is 25.8 Å². The molecular formula is C11H11BrN2O3S. The van der Waals surface area contributed by atoms with Gasteiger partial charge in [-0.15, -0.1) is 0 Å². The summed E-state index contributed by atoms with van der Waals surface area (Å²) in [5.74, 6) is 0.713. The van der Waals surface area contributed by atoms with E-state index in [-0.39, 0.29) is 10.7 Å². The van der Waals surface area contributed by atoms with Crippen LogP contribution in [0.5, 0.6) is 0 Å². The standard InChI is InChI=1S/C11H11BrN2O3S/c1-7-3-4-9(12)6-10(7)18(15,16)14-11-5-8(2)17-13-11/h3-6H,1-2H3,(H,13,14). The average Bonchev–Trinajstić information content (AvgIpc) is 2.66. The third-order valence-corrected chi connectivity index (χ3v) is 4.30. The molecule has 0 radical (unpaired) electrons. The molecule has 0 aliphatic carbocycles. The van der Waals surface area contributed by atoms with Crippen LogP contribution in [-0.2, 0) is 10.0 Å². The summed E-state index contributed by atoms with van der Waals surface area (Å²) in [5.41, 5.74) is 0.658. The number of nitrogens with zero attached hydrogens (tertiary/aromatic N) is 1. The molecule has 0 amide bonds. The van der Waals surface area contributed by atoms with Crippen molar-refractivity contribution in [2.45, 2.75) is 18.7 Å². The second kappa shape index (κ2) is 4.74. The third kappa shape index (κ3) is 2.73. The van der Waals surface area contributed by atoms with Crippen molar-refractivity contribution in [3.8, 4) is 0 Å². The second-order valence-corrected chi connectivity index (χ2v) is 6.40. The molecule has 5 nitrogen and oxygen atoms in total. The van der Waals surface area contributed by atoms with Crippen LogP contribution in [0.3, 0.4) is 0 Å². The van der Waals surface area contributed by atoms with Gasteiger partial charge < -0.3 is 4.52 Å². The minimum Gasteiger partial charge on any atom is -0.360 e. The van der Waals surface area contributed by atoms with Crippen molar-refractivity contribution < 1.29 is 12.9 Å². The molecule has 18 heavy (non-hydrogen) atoms. The monoisotopic (exact) mass is 330 g/mol. The highest BCUT2D eigenvalue weighted by Crippen LogP contribution is 2.22. The number of anilines is 1. The first-order valence-corrected chi connectivity index (χ1v) is 7.38. The van der Waals surface area contributed by atoms with Crippen LogP contribution in [0.15, 0.2) is 38.2 Å². The maximum atomic E-state index is 12.2. The first-order valence-electron chi connectivity index (χ1n) is 5.11. The molecule has 2 aromatic rings. The van der Waals surface area contributed by atoms with Gasteiger partial charge in [0.1, 0.15) is 5.76 Å². The Bertz CT molecular complexity index is 679. The highest BCUT2D eigenvalue weighted by Gasteiger charge is 2.18. The van der Waals surface area contributed by atoms with Crippen LogP contribution in [0.25, 0.3) is 0 Å². The van der Waals surface area contributed by atoms with Crippen molar-refractivity contribution in [2.24, 2.45) is 0 Å². The fourth-order valence-electron chi connectivity index (χ4n) is 1.47. The van der Waals surface area contributed by atoms with Crippen LogP contribution in [-0.4, -0.2) is 13.6 Å². The summed E-state index contributed by atoms with van der Waals surface area (Å²) in [5, 5.41) is 3.60. The van der Waals surface area contributed by atoms with Crippen LogP contribution in [0.1, 0.15) is 11.3 Å². The number of aryl methyl sites for hydroxylation is 2. The Morgan fingerprint density at radius 3 is 2.61 bits per heavy atom. The second-order valence-electron chi connectivity index (χ2n) is 3.84. The quantitative estimate of drug-likeness (QED) is 0.939. The van der Waals surface area contributed by atoms with E-state index in [1.165, 1.54) is 6.07 Å². The summed E-state index contributed by atoms with van der Waals surface area (Å²) >= 11 is 3.25. The van der Waals surface area contributed by atoms with Gasteiger partial charge in [0.05, 0.1) is 4.90 Å². The molecule has 0 spiro atoms. The van der Waals surface area contributed by atoms with Crippen molar-refractivity contribution in [2.75, 3.05) is 4.72 Å². The van der Waals surface area contributed by atoms with E-state index in [4.69, 9.17) is 4.52 Å². The van der Waals surface area contributed by atoms with Crippen LogP contribution >= 0.6 is 15.9 Å². The van der Waals surface area contributed by atoms with Crippen LogP contribution < -0.4 is 4.72 Å². The Kier molecular flexibility index (Phi) is 3.45. The Balaban J connectivity index is 2.39. The van der Waals surface area contributed by atoms with Crippen LogP contribution in [0, 0.1) is 13.8 Å². The van der Waals surface area contributed by atoms with Gasteiger partial charge in [-0.1, -0.05) is 27.2 Å². The van der Waals surface area contributed by atoms with Crippen molar-refractivity contribution in [3.05, 3.63) is 40.1 Å². The first-order chi connectivity index (χ1) is 8.38. The van der Waals surface area contributed by atoms with Crippen molar-refractivity contribution in [1.82, 2.24) is 5.16 Å². The smallest absolute Gasteiger partial charge is 0.263 e. The lowest BCUT2D eigenvalue weighted by Crippen LogP contribution is -2.14. The predicted octanol–water partition coefficient (Wildman–Crippen LogP) is 2.85. The fraction of sp³-hybridized carbons (Fsp3) is 0.182. The molecule has 0 aliphatic heterocycles. The molecule has 0 unspecified atom stereocenters. The van der Waals surface area contributed by atoms with Crippen molar-refractivity contribution >= 4 is 31.8 Å². The maximum Gasteiger partial charge on any atom is 0.263 e. The van der Waals surface area contributed by atoms with E-state index in [1.54, 1.807) is 32.0 Å². The molecule has 0 saturated heterocycles. The molecule has 96 valence electrons. The SMILES string of the molecule is Cc1cc(NS(=O)(=O)c2cc(Br)ccc2C)no1. The predicted molar refractivity (Wildman–Crippen MR) is 70.9 cm³/mol. The van der Waals surface area contributed by atoms with Crippen molar-refractivity contribution in [1.29, 1.82) is 0 Å². The highest BCUT2D eigenvalue weighted by molar-refractivity contribution is 9.10. The number of halogens is 1. The summed E-state index contributed by atoms with van der Waals surface area (Å²) in [6.07, 6.45) is 0. The third-order valence-electron chi connectivity index (χ3n) is 2.31. The normalized spacial score (nSPS) is 11.5. The zero-order chi connectivity index (χ0) is 13.3. The minimum atomic E-state index is -3.66. The van der Waals surface area contributed by atoms with Gasteiger partial charge in [0.2, 0.25) is 0 Å². The lowest BCUT2D eigenvalue weighted by atomic mass is 10.2. The first kappa shape index (κ1) is 13.1. The molecular weight excluding hydrogens is 320 g/mol. The minimum absolute atomic E-state index is 0.173. The zero-order valence-electron chi connectivity index (χ0n) is 9.77. The summed E-state index contributed by atoms with van der Waals surface area (Å²) in [6.45, 7) is 3.42. The number of sulfonamides is 1. The molecule has 7 heteroatoms. The van der Waals surface area contributed by atoms with E-state index in [0.29, 0.717) is 15.8 Å². The molecule has 1 heterocycles. The van der Waals surface area contributed by atoms with Gasteiger partial charge in [0.25, 0.3) is 10.0 Å². The van der Waals surface area contributed by atoms with Gasteiger partial charge in [-0.2, -0.15) is 0 Å². The van der Waals surface area contributed by atoms with Crippen LogP contribution in [0.2, 0.25) is 0 Å². The van der Waals surface area contributed by atoms with E-state index in [0.717, 1.165) is 0 Å². The molecule has 2 rings (SSSR count). The Morgan fingerprint density at radius 1 is 1.28 bits per heavy atom. The van der Waals surface area contributed by atoms with Gasteiger partial charge >= 0.3 is 0 Å². The van der Waals surface area contributed by atoms with Gasteiger partial charge in [-0.25, -0.2) is 8.42 Å². The van der Waals surface area contributed by atoms with E-state index in [1.807, 2.05) is 0 Å². The largest absolute Gasteiger partial charge is 0.360 e. The molecule has 1 aromatic heterocycles. The average molecular weight is 331 g/mol. The lowest BCUT2D eigenvalue weighted by Gasteiger charge is -2.08. The van der Waals surface area contributed by atoms with E-state index < -0.39 is 10.0 Å². The Labute approximate surface area is 113 Å². The lowest BCUT2D eigenvalue weighted by molar-refractivity contribution is 0.400. The maximum absolute atomic E-state index is 12.2. The summed E-state index contributed by atoms with van der Waals surface area (Å²) in [7, 11) is -3.66. The number of nitrogens with one attached hydrogen (secondary N) is 1.